The van der Waals surface area contributed by atoms with Gasteiger partial charge in [0.15, 0.2) is 0 Å². The molecule has 0 bridgehead atoms. The van der Waals surface area contributed by atoms with Crippen LogP contribution >= 0.6 is 0 Å². The minimum absolute atomic E-state index is 0.0971. The molecule has 0 amide bonds. The average molecular weight is 390 g/mol. The van der Waals surface area contributed by atoms with Crippen LogP contribution in [0.4, 0.5) is 0 Å². The van der Waals surface area contributed by atoms with Crippen LogP contribution in [-0.4, -0.2) is 16.9 Å². The summed E-state index contributed by atoms with van der Waals surface area (Å²) in [5.74, 6) is -1.73. The molecule has 5 nitrogen and oxygen atoms in total. The van der Waals surface area contributed by atoms with Gasteiger partial charge in [-0.1, -0.05) is 60.7 Å². The molecule has 3 aromatic rings. The van der Waals surface area contributed by atoms with Gasteiger partial charge in [-0.3, -0.25) is 9.59 Å². The Morgan fingerprint density at radius 3 is 2.38 bits per heavy atom. The molecule has 5 heteroatoms. The van der Waals surface area contributed by atoms with Gasteiger partial charge in [-0.2, -0.15) is 0 Å². The van der Waals surface area contributed by atoms with Gasteiger partial charge in [0, 0.05) is 18.8 Å². The zero-order valence-electron chi connectivity index (χ0n) is 15.9. The molecule has 1 fully saturated rings. The molecule has 0 spiro atoms. The van der Waals surface area contributed by atoms with E-state index in [4.69, 9.17) is 9.15 Å². The van der Waals surface area contributed by atoms with Crippen molar-refractivity contribution in [2.75, 3.05) is 0 Å². The zero-order valence-corrected chi connectivity index (χ0v) is 15.9. The van der Waals surface area contributed by atoms with E-state index in [-0.39, 0.29) is 25.2 Å². The van der Waals surface area contributed by atoms with Crippen molar-refractivity contribution in [3.8, 4) is 0 Å². The second kappa shape index (κ2) is 8.05. The van der Waals surface area contributed by atoms with E-state index in [0.717, 1.165) is 5.56 Å². The van der Waals surface area contributed by atoms with Gasteiger partial charge in [0.1, 0.15) is 29.7 Å². The minimum atomic E-state index is -1.66. The van der Waals surface area contributed by atoms with Crippen LogP contribution in [0.25, 0.3) is 0 Å². The van der Waals surface area contributed by atoms with E-state index < -0.39 is 23.4 Å². The first-order chi connectivity index (χ1) is 14.1. The average Bonchev–Trinajstić information content (AvgIpc) is 3.28. The van der Waals surface area contributed by atoms with Crippen LogP contribution in [-0.2, 0) is 26.5 Å². The van der Waals surface area contributed by atoms with Crippen molar-refractivity contribution in [2.45, 2.75) is 31.0 Å². The molecule has 29 heavy (non-hydrogen) atoms. The molecule has 3 atom stereocenters. The number of carbonyl (C=O) groups is 2. The van der Waals surface area contributed by atoms with Crippen LogP contribution in [0.3, 0.4) is 0 Å². The zero-order chi connectivity index (χ0) is 20.3. The van der Waals surface area contributed by atoms with Crippen LogP contribution in [0.15, 0.2) is 83.5 Å². The number of ketones is 1. The summed E-state index contributed by atoms with van der Waals surface area (Å²) in [6, 6.07) is 21.6. The quantitative estimate of drug-likeness (QED) is 0.667. The second-order valence-electron chi connectivity index (χ2n) is 7.40. The van der Waals surface area contributed by atoms with E-state index in [1.807, 2.05) is 36.4 Å². The number of benzene rings is 2. The third-order valence-corrected chi connectivity index (χ3v) is 5.49. The number of aliphatic hydroxyl groups is 1. The second-order valence-corrected chi connectivity index (χ2v) is 7.40. The summed E-state index contributed by atoms with van der Waals surface area (Å²) in [5.41, 5.74) is -0.293. The Bertz CT molecular complexity index is 965. The molecule has 1 N–H and O–H groups in total. The summed E-state index contributed by atoms with van der Waals surface area (Å²) in [5, 5.41) is 11.6. The molecule has 1 heterocycles. The van der Waals surface area contributed by atoms with Crippen molar-refractivity contribution in [3.05, 3.63) is 95.9 Å². The number of esters is 1. The summed E-state index contributed by atoms with van der Waals surface area (Å²) in [7, 11) is 0. The van der Waals surface area contributed by atoms with Gasteiger partial charge < -0.3 is 14.3 Å². The lowest BCUT2D eigenvalue weighted by atomic mass is 9.65. The number of carbonyl (C=O) groups excluding carboxylic acids is 2. The van der Waals surface area contributed by atoms with E-state index in [0.29, 0.717) is 11.3 Å². The Kier molecular flexibility index (Phi) is 5.32. The van der Waals surface area contributed by atoms with Gasteiger partial charge in [0.05, 0.1) is 6.26 Å². The van der Waals surface area contributed by atoms with Crippen molar-refractivity contribution < 1.29 is 23.8 Å². The third kappa shape index (κ3) is 3.87. The van der Waals surface area contributed by atoms with E-state index in [1.54, 1.807) is 36.4 Å². The van der Waals surface area contributed by atoms with Gasteiger partial charge in [-0.15, -0.1) is 0 Å². The largest absolute Gasteiger partial charge is 0.469 e. The predicted octanol–water partition coefficient (Wildman–Crippen LogP) is 3.97. The fourth-order valence-corrected chi connectivity index (χ4v) is 4.13. The highest BCUT2D eigenvalue weighted by atomic mass is 16.5. The molecule has 4 rings (SSSR count). The third-order valence-electron chi connectivity index (χ3n) is 5.49. The fourth-order valence-electron chi connectivity index (χ4n) is 4.13. The lowest BCUT2D eigenvalue weighted by Crippen LogP contribution is -2.49. The number of hydrogen-bond donors (Lipinski definition) is 1. The van der Waals surface area contributed by atoms with E-state index in [2.05, 4.69) is 0 Å². The molecule has 1 saturated carbocycles. The van der Waals surface area contributed by atoms with Crippen molar-refractivity contribution >= 4 is 11.8 Å². The molecule has 148 valence electrons. The molecule has 2 aromatic carbocycles. The van der Waals surface area contributed by atoms with Crippen LogP contribution < -0.4 is 0 Å². The maximum atomic E-state index is 13.2. The highest BCUT2D eigenvalue weighted by Gasteiger charge is 2.54. The smallest absolute Gasteiger partial charge is 0.313 e. The molecule has 0 saturated heterocycles. The van der Waals surface area contributed by atoms with E-state index in [1.165, 1.54) is 6.26 Å². The molecule has 0 aliphatic heterocycles. The molecular weight excluding hydrogens is 368 g/mol. The van der Waals surface area contributed by atoms with Crippen LogP contribution in [0.2, 0.25) is 0 Å². The first-order valence-corrected chi connectivity index (χ1v) is 9.61. The van der Waals surface area contributed by atoms with Gasteiger partial charge >= 0.3 is 5.97 Å². The lowest BCUT2D eigenvalue weighted by Gasteiger charge is -2.42. The van der Waals surface area contributed by atoms with Gasteiger partial charge in [-0.25, -0.2) is 0 Å². The lowest BCUT2D eigenvalue weighted by molar-refractivity contribution is -0.169. The highest BCUT2D eigenvalue weighted by molar-refractivity contribution is 5.87. The SMILES string of the molecule is O=C1C[C@@H](c2ccco2)[C@H](C(=O)OCc2ccccc2)[C@@](O)(c2ccccc2)C1. The van der Waals surface area contributed by atoms with Gasteiger partial charge in [0.2, 0.25) is 0 Å². The number of hydrogen-bond acceptors (Lipinski definition) is 5. The van der Waals surface area contributed by atoms with Gasteiger partial charge in [-0.05, 0) is 23.3 Å². The van der Waals surface area contributed by atoms with E-state index >= 15 is 0 Å². The first kappa shape index (κ1) is 19.2. The Labute approximate surface area is 168 Å². The van der Waals surface area contributed by atoms with E-state index in [9.17, 15) is 14.7 Å². The minimum Gasteiger partial charge on any atom is -0.469 e. The molecule has 0 radical (unpaired) electrons. The summed E-state index contributed by atoms with van der Waals surface area (Å²) in [4.78, 5) is 25.8. The molecule has 0 unspecified atom stereocenters. The summed E-state index contributed by atoms with van der Waals surface area (Å²) < 4.78 is 11.1. The number of ether oxygens (including phenoxy) is 1. The maximum Gasteiger partial charge on any atom is 0.313 e. The molecule has 1 aromatic heterocycles. The highest BCUT2D eigenvalue weighted by Crippen LogP contribution is 2.48. The molecular formula is C24H22O5. The van der Waals surface area contributed by atoms with Crippen molar-refractivity contribution in [2.24, 2.45) is 5.92 Å². The Balaban J connectivity index is 1.70. The maximum absolute atomic E-state index is 13.2. The topological polar surface area (TPSA) is 76.7 Å². The Hall–Kier alpha value is -3.18. The normalized spacial score (nSPS) is 24.2. The van der Waals surface area contributed by atoms with Crippen molar-refractivity contribution in [1.29, 1.82) is 0 Å². The summed E-state index contributed by atoms with van der Waals surface area (Å²) >= 11 is 0. The van der Waals surface area contributed by atoms with Crippen LogP contribution in [0, 0.1) is 5.92 Å². The number of Topliss-reactive ketones (excluding diaryl/α,β-unsaturated/α-hetero) is 1. The van der Waals surface area contributed by atoms with Gasteiger partial charge in [0.25, 0.3) is 0 Å². The Morgan fingerprint density at radius 1 is 1.03 bits per heavy atom. The van der Waals surface area contributed by atoms with Crippen molar-refractivity contribution in [3.63, 3.8) is 0 Å². The molecule has 1 aliphatic rings. The number of furan rings is 1. The van der Waals surface area contributed by atoms with Crippen LogP contribution in [0.5, 0.6) is 0 Å². The monoisotopic (exact) mass is 390 g/mol. The first-order valence-electron chi connectivity index (χ1n) is 9.61. The standard InChI is InChI=1S/C24H22O5/c25-19-14-20(21-12-7-13-28-21)22(23(26)29-16-17-8-3-1-4-9-17)24(27,15-19)18-10-5-2-6-11-18/h1-13,20,22,27H,14-16H2/t20-,22+,24-/m0/s1. The number of rotatable bonds is 5. The summed E-state index contributed by atoms with van der Waals surface area (Å²) in [6.45, 7) is 0.0971. The summed E-state index contributed by atoms with van der Waals surface area (Å²) in [6.07, 6.45) is 1.48. The Morgan fingerprint density at radius 2 is 1.72 bits per heavy atom. The molecule has 1 aliphatic carbocycles. The predicted molar refractivity (Wildman–Crippen MR) is 106 cm³/mol. The fraction of sp³-hybridized carbons (Fsp3) is 0.250. The van der Waals surface area contributed by atoms with Crippen molar-refractivity contribution in [1.82, 2.24) is 0 Å². The van der Waals surface area contributed by atoms with Crippen LogP contribution in [0.1, 0.15) is 35.6 Å².